The zero-order chi connectivity index (χ0) is 13.3. The lowest BCUT2D eigenvalue weighted by molar-refractivity contribution is -0.384. The van der Waals surface area contributed by atoms with Crippen molar-refractivity contribution in [2.24, 2.45) is 4.99 Å². The second kappa shape index (κ2) is 4.65. The minimum Gasteiger partial charge on any atom is -0.507 e. The fourth-order valence-electron chi connectivity index (χ4n) is 1.46. The van der Waals surface area contributed by atoms with Gasteiger partial charge in [-0.05, 0) is 6.07 Å². The van der Waals surface area contributed by atoms with E-state index in [1.165, 1.54) is 23.9 Å². The Morgan fingerprint density at radius 2 is 2.28 bits per heavy atom. The highest BCUT2D eigenvalue weighted by Gasteiger charge is 2.26. The van der Waals surface area contributed by atoms with Gasteiger partial charge in [-0.1, -0.05) is 0 Å². The molecule has 0 saturated heterocycles. The van der Waals surface area contributed by atoms with Crippen molar-refractivity contribution in [3.05, 3.63) is 33.9 Å². The third kappa shape index (κ3) is 2.28. The van der Waals surface area contributed by atoms with Crippen LogP contribution in [0, 0.1) is 10.1 Å². The number of rotatable bonds is 3. The number of nitro benzene ring substituents is 1. The standard InChI is InChI=1S/C10H8N2O5S/c13-8-3-5(12(16)17)1-2-6(8)9-11-7(4-18-9)10(14)15/h1-3,7,13H,4H2,(H,14,15). The summed E-state index contributed by atoms with van der Waals surface area (Å²) in [5.41, 5.74) is 0.0870. The number of hydrogen-bond acceptors (Lipinski definition) is 6. The molecule has 2 rings (SSSR count). The second-order valence-corrected chi connectivity index (χ2v) is 4.57. The van der Waals surface area contributed by atoms with Crippen LogP contribution >= 0.6 is 11.8 Å². The average molecular weight is 268 g/mol. The minimum atomic E-state index is -1.03. The van der Waals surface area contributed by atoms with Crippen LogP contribution < -0.4 is 0 Å². The van der Waals surface area contributed by atoms with Crippen LogP contribution in [-0.2, 0) is 4.79 Å². The lowest BCUT2D eigenvalue weighted by Crippen LogP contribution is -2.17. The lowest BCUT2D eigenvalue weighted by atomic mass is 10.2. The van der Waals surface area contributed by atoms with Crippen LogP contribution in [0.15, 0.2) is 23.2 Å². The first-order valence-electron chi connectivity index (χ1n) is 4.90. The summed E-state index contributed by atoms with van der Waals surface area (Å²) in [5.74, 6) is -1.01. The molecule has 1 atom stereocenters. The largest absolute Gasteiger partial charge is 0.507 e. The van der Waals surface area contributed by atoms with Crippen molar-refractivity contribution in [3.8, 4) is 5.75 Å². The van der Waals surface area contributed by atoms with E-state index in [2.05, 4.69) is 4.99 Å². The number of non-ortho nitro benzene ring substituents is 1. The monoisotopic (exact) mass is 268 g/mol. The summed E-state index contributed by atoms with van der Waals surface area (Å²) < 4.78 is 0. The summed E-state index contributed by atoms with van der Waals surface area (Å²) in [6.07, 6.45) is 0. The van der Waals surface area contributed by atoms with E-state index in [1.54, 1.807) is 0 Å². The fraction of sp³-hybridized carbons (Fsp3) is 0.200. The molecule has 94 valence electrons. The first-order valence-corrected chi connectivity index (χ1v) is 5.89. The quantitative estimate of drug-likeness (QED) is 0.630. The number of phenolic OH excluding ortho intramolecular Hbond substituents is 1. The number of hydrogen-bond donors (Lipinski definition) is 2. The van der Waals surface area contributed by atoms with Gasteiger partial charge in [0.1, 0.15) is 10.8 Å². The maximum Gasteiger partial charge on any atom is 0.329 e. The van der Waals surface area contributed by atoms with E-state index in [-0.39, 0.29) is 11.4 Å². The SMILES string of the molecule is O=C(O)C1CSC(c2ccc([N+](=O)[O-])cc2O)=N1. The molecule has 1 aliphatic rings. The minimum absolute atomic E-state index is 0.227. The molecular weight excluding hydrogens is 260 g/mol. The van der Waals surface area contributed by atoms with E-state index in [0.717, 1.165) is 6.07 Å². The highest BCUT2D eigenvalue weighted by molar-refractivity contribution is 8.14. The molecule has 0 fully saturated rings. The van der Waals surface area contributed by atoms with E-state index < -0.39 is 16.9 Å². The van der Waals surface area contributed by atoms with Crippen molar-refractivity contribution in [2.45, 2.75) is 6.04 Å². The number of aliphatic imine (C=N–C) groups is 1. The summed E-state index contributed by atoms with van der Waals surface area (Å²) in [6, 6.07) is 2.79. The van der Waals surface area contributed by atoms with E-state index in [1.807, 2.05) is 0 Å². The van der Waals surface area contributed by atoms with Crippen LogP contribution in [0.4, 0.5) is 5.69 Å². The van der Waals surface area contributed by atoms with E-state index >= 15 is 0 Å². The van der Waals surface area contributed by atoms with Gasteiger partial charge in [0.25, 0.3) is 5.69 Å². The number of aliphatic carboxylic acids is 1. The summed E-state index contributed by atoms with van der Waals surface area (Å²) in [7, 11) is 0. The predicted molar refractivity (Wildman–Crippen MR) is 65.2 cm³/mol. The highest BCUT2D eigenvalue weighted by atomic mass is 32.2. The molecule has 0 radical (unpaired) electrons. The van der Waals surface area contributed by atoms with Gasteiger partial charge in [-0.2, -0.15) is 0 Å². The number of benzene rings is 1. The molecule has 1 aliphatic heterocycles. The van der Waals surface area contributed by atoms with Crippen LogP contribution in [0.1, 0.15) is 5.56 Å². The Morgan fingerprint density at radius 3 is 2.78 bits per heavy atom. The molecule has 0 aromatic heterocycles. The molecule has 1 aromatic rings. The summed E-state index contributed by atoms with van der Waals surface area (Å²) in [4.78, 5) is 24.6. The number of aromatic hydroxyl groups is 1. The Morgan fingerprint density at radius 1 is 1.56 bits per heavy atom. The molecule has 1 aromatic carbocycles. The summed E-state index contributed by atoms with van der Waals surface area (Å²) >= 11 is 1.20. The van der Waals surface area contributed by atoms with Crippen LogP contribution in [0.5, 0.6) is 5.75 Å². The Hall–Kier alpha value is -2.09. The van der Waals surface area contributed by atoms with Crippen LogP contribution in [0.2, 0.25) is 0 Å². The highest BCUT2D eigenvalue weighted by Crippen LogP contribution is 2.31. The van der Waals surface area contributed by atoms with Crippen molar-refractivity contribution in [1.82, 2.24) is 0 Å². The van der Waals surface area contributed by atoms with Gasteiger partial charge in [0.15, 0.2) is 6.04 Å². The topological polar surface area (TPSA) is 113 Å². The van der Waals surface area contributed by atoms with Crippen molar-refractivity contribution >= 4 is 28.5 Å². The Balaban J connectivity index is 2.33. The molecule has 0 amide bonds. The van der Waals surface area contributed by atoms with Crippen LogP contribution in [0.25, 0.3) is 0 Å². The molecule has 0 aliphatic carbocycles. The number of carboxylic acid groups (broad SMARTS) is 1. The Kier molecular flexibility index (Phi) is 3.19. The van der Waals surface area contributed by atoms with E-state index in [9.17, 15) is 20.0 Å². The van der Waals surface area contributed by atoms with Gasteiger partial charge in [0.2, 0.25) is 0 Å². The molecule has 0 spiro atoms. The molecule has 18 heavy (non-hydrogen) atoms. The first kappa shape index (κ1) is 12.4. The second-order valence-electron chi connectivity index (χ2n) is 3.56. The first-order chi connectivity index (χ1) is 8.49. The fourth-order valence-corrected chi connectivity index (χ4v) is 2.52. The van der Waals surface area contributed by atoms with E-state index in [4.69, 9.17) is 5.11 Å². The number of thioether (sulfide) groups is 1. The molecule has 7 nitrogen and oxygen atoms in total. The third-order valence-corrected chi connectivity index (χ3v) is 3.44. The van der Waals surface area contributed by atoms with Gasteiger partial charge in [0, 0.05) is 17.4 Å². The number of carbonyl (C=O) groups is 1. The van der Waals surface area contributed by atoms with Gasteiger partial charge in [-0.15, -0.1) is 11.8 Å². The maximum absolute atomic E-state index is 10.7. The lowest BCUT2D eigenvalue weighted by Gasteiger charge is -2.02. The summed E-state index contributed by atoms with van der Waals surface area (Å²) in [6.45, 7) is 0. The summed E-state index contributed by atoms with van der Waals surface area (Å²) in [5, 5.41) is 29.4. The predicted octanol–water partition coefficient (Wildman–Crippen LogP) is 1.25. The number of nitro groups is 1. The van der Waals surface area contributed by atoms with Gasteiger partial charge in [0.05, 0.1) is 11.0 Å². The molecule has 0 bridgehead atoms. The molecular formula is C10H8N2O5S. The zero-order valence-corrected chi connectivity index (χ0v) is 9.75. The number of phenols is 1. The zero-order valence-electron chi connectivity index (χ0n) is 8.94. The van der Waals surface area contributed by atoms with Crippen LogP contribution in [-0.4, -0.2) is 37.9 Å². The third-order valence-electron chi connectivity index (χ3n) is 2.36. The maximum atomic E-state index is 10.7. The molecule has 1 heterocycles. The normalized spacial score (nSPS) is 18.4. The molecule has 2 N–H and O–H groups in total. The van der Waals surface area contributed by atoms with Gasteiger partial charge in [-0.25, -0.2) is 4.79 Å². The van der Waals surface area contributed by atoms with E-state index in [0.29, 0.717) is 16.4 Å². The molecule has 1 unspecified atom stereocenters. The van der Waals surface area contributed by atoms with Gasteiger partial charge in [-0.3, -0.25) is 15.1 Å². The Bertz CT molecular complexity index is 557. The van der Waals surface area contributed by atoms with Crippen LogP contribution in [0.3, 0.4) is 0 Å². The van der Waals surface area contributed by atoms with Crippen molar-refractivity contribution in [1.29, 1.82) is 0 Å². The number of carboxylic acids is 1. The van der Waals surface area contributed by atoms with Crippen molar-refractivity contribution in [2.75, 3.05) is 5.75 Å². The average Bonchev–Trinajstić information content (AvgIpc) is 2.78. The van der Waals surface area contributed by atoms with Crippen molar-refractivity contribution < 1.29 is 19.9 Å². The van der Waals surface area contributed by atoms with Crippen molar-refractivity contribution in [3.63, 3.8) is 0 Å². The Labute approximate surface area is 105 Å². The van der Waals surface area contributed by atoms with Gasteiger partial charge >= 0.3 is 5.97 Å². The number of nitrogens with zero attached hydrogens (tertiary/aromatic N) is 2. The smallest absolute Gasteiger partial charge is 0.329 e. The molecule has 8 heteroatoms. The van der Waals surface area contributed by atoms with Gasteiger partial charge < -0.3 is 10.2 Å². The molecule has 0 saturated carbocycles.